The van der Waals surface area contributed by atoms with Crippen LogP contribution in [-0.4, -0.2) is 27.9 Å². The van der Waals surface area contributed by atoms with Gasteiger partial charge in [0.1, 0.15) is 12.2 Å². The highest BCUT2D eigenvalue weighted by molar-refractivity contribution is 5.84. The Morgan fingerprint density at radius 3 is 2.79 bits per heavy atom. The maximum absolute atomic E-state index is 13.5. The summed E-state index contributed by atoms with van der Waals surface area (Å²) in [6.07, 6.45) is -2.69. The number of ether oxygens (including phenoxy) is 1. The molecule has 1 atom stereocenters. The quantitative estimate of drug-likeness (QED) is 0.597. The molecule has 7 nitrogen and oxygen atoms in total. The highest BCUT2D eigenvalue weighted by Gasteiger charge is 2.42. The van der Waals surface area contributed by atoms with Crippen molar-refractivity contribution in [2.75, 3.05) is 11.5 Å². The normalized spacial score (nSPS) is 16.8. The number of fused-ring (bicyclic) bond motifs is 1. The van der Waals surface area contributed by atoms with Gasteiger partial charge in [0.15, 0.2) is 5.76 Å². The van der Waals surface area contributed by atoms with Crippen LogP contribution in [0.5, 0.6) is 0 Å². The van der Waals surface area contributed by atoms with Gasteiger partial charge in [0, 0.05) is 6.54 Å². The lowest BCUT2D eigenvalue weighted by molar-refractivity contribution is -0.138. The summed E-state index contributed by atoms with van der Waals surface area (Å²) < 4.78 is 45.8. The average Bonchev–Trinajstić information content (AvgIpc) is 2.99. The van der Waals surface area contributed by atoms with E-state index in [0.717, 1.165) is 11.8 Å². The molecular weight excluding hydrogens is 379 g/mol. The minimum absolute atomic E-state index is 0.0939. The van der Waals surface area contributed by atoms with Gasteiger partial charge in [0.25, 0.3) is 5.56 Å². The summed E-state index contributed by atoms with van der Waals surface area (Å²) in [6, 6.07) is 6.23. The Morgan fingerprint density at radius 2 is 2.14 bits per heavy atom. The molecule has 1 aliphatic heterocycles. The topological polar surface area (TPSA) is 95.5 Å². The van der Waals surface area contributed by atoms with E-state index in [-0.39, 0.29) is 18.9 Å². The van der Waals surface area contributed by atoms with Crippen LogP contribution < -0.4 is 10.5 Å². The highest BCUT2D eigenvalue weighted by Crippen LogP contribution is 2.42. The molecule has 0 spiro atoms. The fourth-order valence-electron chi connectivity index (χ4n) is 3.22. The zero-order valence-electron chi connectivity index (χ0n) is 14.7. The van der Waals surface area contributed by atoms with Crippen LogP contribution in [-0.2, 0) is 22.3 Å². The van der Waals surface area contributed by atoms with Gasteiger partial charge >= 0.3 is 12.1 Å². The number of anilines is 1. The van der Waals surface area contributed by atoms with Gasteiger partial charge in [-0.2, -0.15) is 18.3 Å². The van der Waals surface area contributed by atoms with Crippen LogP contribution in [0, 0.1) is 0 Å². The van der Waals surface area contributed by atoms with Crippen molar-refractivity contribution >= 4 is 11.7 Å². The Bertz CT molecular complexity index is 985. The molecule has 2 aromatic rings. The molecule has 1 aliphatic rings. The Morgan fingerprint density at radius 1 is 1.43 bits per heavy atom. The number of benzene rings is 1. The molecule has 148 valence electrons. The molecule has 0 fully saturated rings. The first-order valence-electron chi connectivity index (χ1n) is 8.25. The van der Waals surface area contributed by atoms with Gasteiger partial charge in [0.2, 0.25) is 0 Å². The van der Waals surface area contributed by atoms with E-state index in [9.17, 15) is 22.8 Å². The predicted molar refractivity (Wildman–Crippen MR) is 92.6 cm³/mol. The third-order valence-electron chi connectivity index (χ3n) is 4.43. The molecule has 0 radical (unpaired) electrons. The second-order valence-electron chi connectivity index (χ2n) is 6.07. The molecule has 0 bridgehead atoms. The van der Waals surface area contributed by atoms with Gasteiger partial charge in [-0.25, -0.2) is 9.89 Å². The second-order valence-corrected chi connectivity index (χ2v) is 6.07. The van der Waals surface area contributed by atoms with Crippen molar-refractivity contribution in [1.29, 1.82) is 0 Å². The Kier molecular flexibility index (Phi) is 5.12. The summed E-state index contributed by atoms with van der Waals surface area (Å²) in [4.78, 5) is 24.3. The summed E-state index contributed by atoms with van der Waals surface area (Å²) in [7, 11) is 0. The number of nitrogens with zero attached hydrogens (tertiary/aromatic N) is 2. The first-order valence-corrected chi connectivity index (χ1v) is 8.25. The molecule has 1 unspecified atom stereocenters. The number of allylic oxidation sites excluding steroid dienone is 1. The van der Waals surface area contributed by atoms with Crippen LogP contribution >= 0.6 is 0 Å². The number of carbonyl (C=O) groups is 1. The molecule has 0 amide bonds. The van der Waals surface area contributed by atoms with Gasteiger partial charge in [-0.1, -0.05) is 24.3 Å². The molecule has 3 rings (SSSR count). The Labute approximate surface area is 157 Å². The van der Waals surface area contributed by atoms with Crippen molar-refractivity contribution in [3.8, 4) is 0 Å². The van der Waals surface area contributed by atoms with Crippen LogP contribution in [0.1, 0.15) is 29.7 Å². The number of alkyl halides is 3. The van der Waals surface area contributed by atoms with E-state index >= 15 is 0 Å². The van der Waals surface area contributed by atoms with E-state index in [1.54, 1.807) is 24.3 Å². The van der Waals surface area contributed by atoms with E-state index in [2.05, 4.69) is 5.10 Å². The number of hydrogen-bond acceptors (Lipinski definition) is 5. The van der Waals surface area contributed by atoms with Gasteiger partial charge in [-0.15, -0.1) is 0 Å². The smallest absolute Gasteiger partial charge is 0.423 e. The molecule has 2 heterocycles. The summed E-state index contributed by atoms with van der Waals surface area (Å²) in [5.41, 5.74) is -1.65. The third kappa shape index (κ3) is 3.57. The molecular formula is C18H16F3N3O4. The molecule has 28 heavy (non-hydrogen) atoms. The van der Waals surface area contributed by atoms with Crippen LogP contribution in [0.25, 0.3) is 0 Å². The van der Waals surface area contributed by atoms with E-state index < -0.39 is 35.0 Å². The van der Waals surface area contributed by atoms with Crippen molar-refractivity contribution < 1.29 is 27.8 Å². The van der Waals surface area contributed by atoms with Gasteiger partial charge in [-0.3, -0.25) is 4.79 Å². The van der Waals surface area contributed by atoms with Crippen molar-refractivity contribution in [3.63, 3.8) is 0 Å². The fraction of sp³-hybridized carbons (Fsp3) is 0.278. The first kappa shape index (κ1) is 19.5. The molecule has 2 N–H and O–H groups in total. The zero-order valence-corrected chi connectivity index (χ0v) is 14.7. The molecule has 1 aromatic heterocycles. The van der Waals surface area contributed by atoms with Crippen molar-refractivity contribution in [2.24, 2.45) is 0 Å². The largest absolute Gasteiger partial charge is 0.484 e. The van der Waals surface area contributed by atoms with Crippen LogP contribution in [0.4, 0.5) is 18.9 Å². The summed E-state index contributed by atoms with van der Waals surface area (Å²) in [5, 5.41) is 14.4. The van der Waals surface area contributed by atoms with Gasteiger partial charge < -0.3 is 14.7 Å². The molecule has 10 heteroatoms. The monoisotopic (exact) mass is 395 g/mol. The molecule has 0 aliphatic carbocycles. The number of hydrogen-bond donors (Lipinski definition) is 2. The molecule has 1 aromatic carbocycles. The maximum atomic E-state index is 13.5. The predicted octanol–water partition coefficient (Wildman–Crippen LogP) is 2.85. The summed E-state index contributed by atoms with van der Waals surface area (Å²) in [5.74, 6) is -1.60. The molecule has 0 saturated carbocycles. The number of aromatic nitrogens is 2. The number of halogens is 3. The van der Waals surface area contributed by atoms with Crippen molar-refractivity contribution in [2.45, 2.75) is 25.7 Å². The van der Waals surface area contributed by atoms with Gasteiger partial charge in [0.05, 0.1) is 17.9 Å². The number of aromatic amines is 1. The number of rotatable bonds is 5. The second kappa shape index (κ2) is 7.37. The van der Waals surface area contributed by atoms with E-state index in [1.807, 2.05) is 5.10 Å². The number of nitrogens with one attached hydrogen (secondary N) is 1. The number of aliphatic carboxylic acids is 1. The Hall–Kier alpha value is -3.30. The Balaban J connectivity index is 2.05. The summed E-state index contributed by atoms with van der Waals surface area (Å²) in [6.45, 7) is 1.36. The lowest BCUT2D eigenvalue weighted by atomic mass is 10.1. The van der Waals surface area contributed by atoms with E-state index in [1.165, 1.54) is 17.9 Å². The van der Waals surface area contributed by atoms with Crippen LogP contribution in [0.15, 0.2) is 47.1 Å². The third-order valence-corrected chi connectivity index (χ3v) is 4.43. The SMILES string of the molecule is CC=C(OCC1c2ccccc2CN1c1cn[nH]c(=O)c1C(F)(F)F)C(=O)O. The highest BCUT2D eigenvalue weighted by atomic mass is 19.4. The standard InChI is InChI=1S/C18H16F3N3O4/c1-2-14(17(26)27)28-9-13-11-6-4-3-5-10(11)8-24(13)12-7-22-23-16(25)15(12)18(19,20)21/h2-7,13H,8-9H2,1H3,(H,23,25)(H,26,27). The van der Waals surface area contributed by atoms with Crippen molar-refractivity contribution in [3.05, 3.63) is 69.3 Å². The maximum Gasteiger partial charge on any atom is 0.423 e. The lowest BCUT2D eigenvalue weighted by Gasteiger charge is -2.28. The molecule has 0 saturated heterocycles. The van der Waals surface area contributed by atoms with Crippen LogP contribution in [0.2, 0.25) is 0 Å². The summed E-state index contributed by atoms with van der Waals surface area (Å²) >= 11 is 0. The van der Waals surface area contributed by atoms with Crippen molar-refractivity contribution in [1.82, 2.24) is 10.2 Å². The minimum atomic E-state index is -4.89. The van der Waals surface area contributed by atoms with E-state index in [4.69, 9.17) is 9.84 Å². The van der Waals surface area contributed by atoms with E-state index in [0.29, 0.717) is 5.56 Å². The number of carboxylic acid groups (broad SMARTS) is 1. The fourth-order valence-corrected chi connectivity index (χ4v) is 3.22. The van der Waals surface area contributed by atoms with Crippen LogP contribution in [0.3, 0.4) is 0 Å². The minimum Gasteiger partial charge on any atom is -0.484 e. The zero-order chi connectivity index (χ0) is 20.5. The average molecular weight is 395 g/mol. The number of carboxylic acids is 1. The number of H-pyrrole nitrogens is 1. The first-order chi connectivity index (χ1) is 13.2. The van der Waals surface area contributed by atoms with Gasteiger partial charge in [-0.05, 0) is 24.1 Å². The lowest BCUT2D eigenvalue weighted by Crippen LogP contribution is -2.32.